The van der Waals surface area contributed by atoms with E-state index < -0.39 is 36.2 Å². The third kappa shape index (κ3) is 4.53. The third-order valence-electron chi connectivity index (χ3n) is 2.66. The van der Waals surface area contributed by atoms with Gasteiger partial charge in [-0.1, -0.05) is 0 Å². The van der Waals surface area contributed by atoms with Crippen molar-refractivity contribution in [2.45, 2.75) is 38.8 Å². The molecule has 1 fully saturated rings. The molecule has 0 radical (unpaired) electrons. The summed E-state index contributed by atoms with van der Waals surface area (Å²) in [6, 6.07) is -0.939. The molecule has 0 aromatic heterocycles. The Labute approximate surface area is 109 Å². The van der Waals surface area contributed by atoms with Crippen LogP contribution in [0.25, 0.3) is 0 Å². The first kappa shape index (κ1) is 15.5. The molecule has 1 saturated heterocycles. The molecular formula is C11H18F2N2O4. The number of likely N-dealkylation sites (tertiary alicyclic amines) is 1. The lowest BCUT2D eigenvalue weighted by atomic mass is 10.1. The summed E-state index contributed by atoms with van der Waals surface area (Å²) in [6.07, 6.45) is -4.81. The van der Waals surface area contributed by atoms with Crippen molar-refractivity contribution in [1.82, 2.24) is 10.2 Å². The number of rotatable bonds is 2. The minimum atomic E-state index is -2.70. The standard InChI is InChI=1S/C11H18F2N2O4/c1-11(2,3)19-9(16)14-7-5-15(10(17)18)4-6(7)8(12)13/h6-8H,4-5H2,1-3H3,(H,14,16)(H,17,18)/t6-,7-/m1/s1. The number of nitrogens with zero attached hydrogens (tertiary/aromatic N) is 1. The number of halogens is 2. The fourth-order valence-corrected chi connectivity index (χ4v) is 1.85. The Morgan fingerprint density at radius 1 is 1.37 bits per heavy atom. The number of nitrogens with one attached hydrogen (secondary N) is 1. The van der Waals surface area contributed by atoms with Crippen molar-refractivity contribution in [2.24, 2.45) is 5.92 Å². The Bertz CT molecular complexity index is 357. The zero-order valence-electron chi connectivity index (χ0n) is 11.0. The topological polar surface area (TPSA) is 78.9 Å². The van der Waals surface area contributed by atoms with Gasteiger partial charge in [0.05, 0.1) is 12.0 Å². The molecule has 19 heavy (non-hydrogen) atoms. The highest BCUT2D eigenvalue weighted by Gasteiger charge is 2.41. The first-order chi connectivity index (χ1) is 8.60. The van der Waals surface area contributed by atoms with E-state index >= 15 is 0 Å². The van der Waals surface area contributed by atoms with Crippen LogP contribution in [0.5, 0.6) is 0 Å². The zero-order valence-corrected chi connectivity index (χ0v) is 11.0. The molecule has 1 aliphatic heterocycles. The van der Waals surface area contributed by atoms with Crippen LogP contribution in [0.3, 0.4) is 0 Å². The fraction of sp³-hybridized carbons (Fsp3) is 0.818. The van der Waals surface area contributed by atoms with Crippen LogP contribution in [0.1, 0.15) is 20.8 Å². The lowest BCUT2D eigenvalue weighted by Gasteiger charge is -2.23. The maximum absolute atomic E-state index is 12.8. The van der Waals surface area contributed by atoms with Crippen molar-refractivity contribution in [1.29, 1.82) is 0 Å². The molecule has 0 aliphatic carbocycles. The molecule has 0 aromatic carbocycles. The largest absolute Gasteiger partial charge is 0.465 e. The molecule has 8 heteroatoms. The van der Waals surface area contributed by atoms with E-state index in [4.69, 9.17) is 9.84 Å². The highest BCUT2D eigenvalue weighted by molar-refractivity contribution is 5.69. The highest BCUT2D eigenvalue weighted by atomic mass is 19.3. The van der Waals surface area contributed by atoms with Crippen LogP contribution in [0.2, 0.25) is 0 Å². The van der Waals surface area contributed by atoms with Gasteiger partial charge in [0, 0.05) is 13.1 Å². The van der Waals surface area contributed by atoms with Crippen LogP contribution in [0, 0.1) is 5.92 Å². The average Bonchev–Trinajstić information content (AvgIpc) is 2.58. The molecule has 0 bridgehead atoms. The van der Waals surface area contributed by atoms with Gasteiger partial charge in [-0.3, -0.25) is 0 Å². The number of carboxylic acid groups (broad SMARTS) is 1. The van der Waals surface area contributed by atoms with Gasteiger partial charge in [0.25, 0.3) is 0 Å². The molecule has 110 valence electrons. The van der Waals surface area contributed by atoms with Crippen LogP contribution in [0.15, 0.2) is 0 Å². The number of hydrogen-bond acceptors (Lipinski definition) is 3. The van der Waals surface area contributed by atoms with E-state index in [1.165, 1.54) is 0 Å². The number of alkyl carbamates (subject to hydrolysis) is 1. The van der Waals surface area contributed by atoms with E-state index in [9.17, 15) is 18.4 Å². The molecule has 1 rings (SSSR count). The van der Waals surface area contributed by atoms with Crippen molar-refractivity contribution in [3.8, 4) is 0 Å². The SMILES string of the molecule is CC(C)(C)OC(=O)N[C@@H]1CN(C(=O)O)C[C@H]1C(F)F. The van der Waals surface area contributed by atoms with Crippen LogP contribution in [-0.4, -0.2) is 53.4 Å². The van der Waals surface area contributed by atoms with E-state index in [-0.39, 0.29) is 13.1 Å². The highest BCUT2D eigenvalue weighted by Crippen LogP contribution is 2.24. The summed E-state index contributed by atoms with van der Waals surface area (Å²) in [7, 11) is 0. The monoisotopic (exact) mass is 280 g/mol. The second-order valence-corrected chi connectivity index (χ2v) is 5.44. The van der Waals surface area contributed by atoms with E-state index in [2.05, 4.69) is 5.32 Å². The lowest BCUT2D eigenvalue weighted by Crippen LogP contribution is -2.45. The summed E-state index contributed by atoms with van der Waals surface area (Å²) >= 11 is 0. The number of alkyl halides is 2. The minimum Gasteiger partial charge on any atom is -0.465 e. The van der Waals surface area contributed by atoms with Gasteiger partial charge in [0.2, 0.25) is 6.43 Å². The average molecular weight is 280 g/mol. The van der Waals surface area contributed by atoms with Gasteiger partial charge in [0.1, 0.15) is 5.60 Å². The summed E-state index contributed by atoms with van der Waals surface area (Å²) in [5.74, 6) is -1.22. The maximum atomic E-state index is 12.8. The molecule has 0 saturated carbocycles. The van der Waals surface area contributed by atoms with Crippen molar-refractivity contribution in [3.05, 3.63) is 0 Å². The molecule has 2 amide bonds. The Hall–Kier alpha value is -1.60. The first-order valence-corrected chi connectivity index (χ1v) is 5.85. The summed E-state index contributed by atoms with van der Waals surface area (Å²) in [5, 5.41) is 11.1. The Kier molecular flexibility index (Phi) is 4.54. The molecule has 0 aromatic rings. The first-order valence-electron chi connectivity index (χ1n) is 5.85. The minimum absolute atomic E-state index is 0.163. The number of ether oxygens (including phenoxy) is 1. The van der Waals surface area contributed by atoms with Crippen LogP contribution in [0.4, 0.5) is 18.4 Å². The normalized spacial score (nSPS) is 23.6. The summed E-state index contributed by atoms with van der Waals surface area (Å²) in [4.78, 5) is 23.1. The van der Waals surface area contributed by atoms with Crippen molar-refractivity contribution < 1.29 is 28.2 Å². The van der Waals surface area contributed by atoms with E-state index in [0.717, 1.165) is 4.90 Å². The summed E-state index contributed by atoms with van der Waals surface area (Å²) in [5.41, 5.74) is -0.741. The summed E-state index contributed by atoms with van der Waals surface area (Å²) < 4.78 is 30.6. The van der Waals surface area contributed by atoms with Gasteiger partial charge < -0.3 is 20.1 Å². The zero-order chi connectivity index (χ0) is 14.8. The predicted octanol–water partition coefficient (Wildman–Crippen LogP) is 1.75. The molecule has 1 aliphatic rings. The molecular weight excluding hydrogens is 262 g/mol. The third-order valence-corrected chi connectivity index (χ3v) is 2.66. The molecule has 0 spiro atoms. The number of amides is 2. The Morgan fingerprint density at radius 2 is 1.95 bits per heavy atom. The number of carbonyl (C=O) groups is 2. The smallest absolute Gasteiger partial charge is 0.407 e. The second-order valence-electron chi connectivity index (χ2n) is 5.44. The van der Waals surface area contributed by atoms with Gasteiger partial charge in [-0.25, -0.2) is 18.4 Å². The lowest BCUT2D eigenvalue weighted by molar-refractivity contribution is 0.0408. The molecule has 6 nitrogen and oxygen atoms in total. The van der Waals surface area contributed by atoms with Crippen molar-refractivity contribution in [2.75, 3.05) is 13.1 Å². The van der Waals surface area contributed by atoms with Crippen LogP contribution >= 0.6 is 0 Å². The van der Waals surface area contributed by atoms with Gasteiger partial charge in [-0.15, -0.1) is 0 Å². The van der Waals surface area contributed by atoms with Gasteiger partial charge in [0.15, 0.2) is 0 Å². The summed E-state index contributed by atoms with van der Waals surface area (Å²) in [6.45, 7) is 4.48. The van der Waals surface area contributed by atoms with E-state index in [1.54, 1.807) is 20.8 Å². The molecule has 0 unspecified atom stereocenters. The molecule has 2 N–H and O–H groups in total. The maximum Gasteiger partial charge on any atom is 0.407 e. The predicted molar refractivity (Wildman–Crippen MR) is 62.2 cm³/mol. The Morgan fingerprint density at radius 3 is 2.37 bits per heavy atom. The van der Waals surface area contributed by atoms with E-state index in [0.29, 0.717) is 0 Å². The fourth-order valence-electron chi connectivity index (χ4n) is 1.85. The molecule has 2 atom stereocenters. The number of carbonyl (C=O) groups excluding carboxylic acids is 1. The van der Waals surface area contributed by atoms with Crippen LogP contribution < -0.4 is 5.32 Å². The van der Waals surface area contributed by atoms with Gasteiger partial charge in [-0.2, -0.15) is 0 Å². The van der Waals surface area contributed by atoms with Crippen LogP contribution in [-0.2, 0) is 4.74 Å². The van der Waals surface area contributed by atoms with Crippen molar-refractivity contribution in [3.63, 3.8) is 0 Å². The second kappa shape index (κ2) is 5.58. The quantitative estimate of drug-likeness (QED) is 0.807. The van der Waals surface area contributed by atoms with Gasteiger partial charge >= 0.3 is 12.2 Å². The van der Waals surface area contributed by atoms with E-state index in [1.807, 2.05) is 0 Å². The number of hydrogen-bond donors (Lipinski definition) is 2. The van der Waals surface area contributed by atoms with Gasteiger partial charge in [-0.05, 0) is 20.8 Å². The molecule has 1 heterocycles. The van der Waals surface area contributed by atoms with Crippen molar-refractivity contribution >= 4 is 12.2 Å². The Balaban J connectivity index is 2.64.